The highest BCUT2D eigenvalue weighted by Crippen LogP contribution is 2.36. The highest BCUT2D eigenvalue weighted by molar-refractivity contribution is 7.89. The second kappa shape index (κ2) is 7.37. The van der Waals surface area contributed by atoms with E-state index in [4.69, 9.17) is 0 Å². The number of nitrogens with zero attached hydrogens (tertiary/aromatic N) is 3. The number of piperidine rings is 1. The summed E-state index contributed by atoms with van der Waals surface area (Å²) in [6.07, 6.45) is 5.83. The van der Waals surface area contributed by atoms with Gasteiger partial charge >= 0.3 is 0 Å². The lowest BCUT2D eigenvalue weighted by Crippen LogP contribution is -2.47. The largest absolute Gasteiger partial charge is 0.396 e. The molecule has 0 amide bonds. The first-order valence-electron chi connectivity index (χ1n) is 8.52. The molecule has 1 atom stereocenters. The molecule has 0 unspecified atom stereocenters. The Balaban J connectivity index is 2.30. The van der Waals surface area contributed by atoms with E-state index in [1.54, 1.807) is 11.6 Å². The number of allylic oxidation sites excluding steroid dienone is 2. The summed E-state index contributed by atoms with van der Waals surface area (Å²) in [4.78, 5) is 0.278. The van der Waals surface area contributed by atoms with Crippen molar-refractivity contribution in [2.24, 2.45) is 5.41 Å². The second-order valence-corrected chi connectivity index (χ2v) is 8.90. The van der Waals surface area contributed by atoms with Crippen molar-refractivity contribution >= 4 is 10.0 Å². The van der Waals surface area contributed by atoms with E-state index in [1.165, 1.54) is 16.1 Å². The van der Waals surface area contributed by atoms with Crippen LogP contribution in [0.25, 0.3) is 0 Å². The first-order valence-corrected chi connectivity index (χ1v) is 9.96. The quantitative estimate of drug-likeness (QED) is 0.795. The van der Waals surface area contributed by atoms with E-state index < -0.39 is 15.4 Å². The monoisotopic (exact) mass is 355 g/mol. The van der Waals surface area contributed by atoms with Crippen LogP contribution in [0.4, 0.5) is 0 Å². The third-order valence-corrected chi connectivity index (χ3v) is 6.83. The third kappa shape index (κ3) is 3.73. The number of sulfonamides is 1. The molecule has 0 radical (unpaired) electrons. The predicted molar refractivity (Wildman–Crippen MR) is 94.2 cm³/mol. The number of aliphatic hydroxyl groups is 1. The molecule has 2 heterocycles. The fourth-order valence-corrected chi connectivity index (χ4v) is 5.04. The molecule has 0 aromatic carbocycles. The van der Waals surface area contributed by atoms with Crippen LogP contribution in [0.5, 0.6) is 0 Å². The summed E-state index contributed by atoms with van der Waals surface area (Å²) in [7, 11) is -3.58. The van der Waals surface area contributed by atoms with Crippen LogP contribution in [-0.4, -0.2) is 47.3 Å². The van der Waals surface area contributed by atoms with E-state index in [0.29, 0.717) is 31.7 Å². The maximum Gasteiger partial charge on any atom is 0.246 e. The van der Waals surface area contributed by atoms with Gasteiger partial charge in [0.05, 0.1) is 18.5 Å². The lowest BCUT2D eigenvalue weighted by Gasteiger charge is -2.40. The van der Waals surface area contributed by atoms with Crippen LogP contribution >= 0.6 is 0 Å². The zero-order chi connectivity index (χ0) is 18.0. The standard InChI is InChI=1S/C17H29N3O3S/c1-5-20-15(4)16(11-18-20)24(22,23)19-10-6-8-17(12-19,13-21)9-7-14(2)3/h7,11,21H,5-6,8-10,12-13H2,1-4H3/t17-/m1/s1. The first kappa shape index (κ1) is 19.1. The average Bonchev–Trinajstić information content (AvgIpc) is 2.94. The molecule has 1 aromatic heterocycles. The highest BCUT2D eigenvalue weighted by Gasteiger charge is 2.40. The fourth-order valence-electron chi connectivity index (χ4n) is 3.29. The highest BCUT2D eigenvalue weighted by atomic mass is 32.2. The van der Waals surface area contributed by atoms with Crippen LogP contribution in [-0.2, 0) is 16.6 Å². The number of rotatable bonds is 6. The fraction of sp³-hybridized carbons (Fsp3) is 0.706. The topological polar surface area (TPSA) is 75.4 Å². The van der Waals surface area contributed by atoms with Gasteiger partial charge in [-0.25, -0.2) is 8.42 Å². The van der Waals surface area contributed by atoms with Crippen molar-refractivity contribution in [3.63, 3.8) is 0 Å². The van der Waals surface area contributed by atoms with Gasteiger partial charge in [-0.15, -0.1) is 0 Å². The van der Waals surface area contributed by atoms with Crippen molar-refractivity contribution in [2.75, 3.05) is 19.7 Å². The molecule has 7 heteroatoms. The number of hydrogen-bond acceptors (Lipinski definition) is 4. The summed E-state index contributed by atoms with van der Waals surface area (Å²) in [6, 6.07) is 0. The van der Waals surface area contributed by atoms with E-state index in [-0.39, 0.29) is 11.5 Å². The number of aliphatic hydroxyl groups excluding tert-OH is 1. The normalized spacial score (nSPS) is 22.5. The second-order valence-electron chi connectivity index (χ2n) is 7.00. The molecule has 0 aliphatic carbocycles. The minimum atomic E-state index is -3.58. The van der Waals surface area contributed by atoms with Gasteiger partial charge in [-0.2, -0.15) is 9.40 Å². The molecule has 1 fully saturated rings. The molecular weight excluding hydrogens is 326 g/mol. The Kier molecular flexibility index (Phi) is 5.88. The lowest BCUT2D eigenvalue weighted by atomic mass is 9.78. The van der Waals surface area contributed by atoms with Crippen molar-refractivity contribution in [3.05, 3.63) is 23.5 Å². The van der Waals surface area contributed by atoms with Crippen LogP contribution in [0.3, 0.4) is 0 Å². The summed E-state index contributed by atoms with van der Waals surface area (Å²) >= 11 is 0. The summed E-state index contributed by atoms with van der Waals surface area (Å²) < 4.78 is 29.3. The Morgan fingerprint density at radius 2 is 2.17 bits per heavy atom. The van der Waals surface area contributed by atoms with Crippen LogP contribution in [0.15, 0.2) is 22.7 Å². The third-order valence-electron chi connectivity index (χ3n) is 4.88. The number of hydrogen-bond donors (Lipinski definition) is 1. The lowest BCUT2D eigenvalue weighted by molar-refractivity contribution is 0.0667. The molecule has 1 saturated heterocycles. The van der Waals surface area contributed by atoms with Gasteiger partial charge in [0, 0.05) is 25.0 Å². The Hall–Kier alpha value is -1.18. The molecule has 1 N–H and O–H groups in total. The van der Waals surface area contributed by atoms with Crippen molar-refractivity contribution in [1.82, 2.24) is 14.1 Å². The van der Waals surface area contributed by atoms with Crippen molar-refractivity contribution in [3.8, 4) is 0 Å². The van der Waals surface area contributed by atoms with Crippen LogP contribution < -0.4 is 0 Å². The zero-order valence-electron chi connectivity index (χ0n) is 15.1. The van der Waals surface area contributed by atoms with Gasteiger partial charge in [0.25, 0.3) is 0 Å². The van der Waals surface area contributed by atoms with Crippen molar-refractivity contribution < 1.29 is 13.5 Å². The Morgan fingerprint density at radius 1 is 1.46 bits per heavy atom. The van der Waals surface area contributed by atoms with E-state index in [2.05, 4.69) is 11.2 Å². The minimum Gasteiger partial charge on any atom is -0.396 e. The van der Waals surface area contributed by atoms with Gasteiger partial charge in [0.2, 0.25) is 10.0 Å². The molecule has 0 bridgehead atoms. The Morgan fingerprint density at radius 3 is 2.71 bits per heavy atom. The van der Waals surface area contributed by atoms with Crippen molar-refractivity contribution in [1.29, 1.82) is 0 Å². The SMILES string of the molecule is CCn1ncc(S(=O)(=O)N2CCC[C@@](CO)(CC=C(C)C)C2)c1C. The molecule has 2 rings (SSSR count). The summed E-state index contributed by atoms with van der Waals surface area (Å²) in [5.41, 5.74) is 1.46. The predicted octanol–water partition coefficient (Wildman–Crippen LogP) is 2.33. The van der Waals surface area contributed by atoms with Gasteiger partial charge in [-0.05, 0) is 47.0 Å². The van der Waals surface area contributed by atoms with E-state index in [1.807, 2.05) is 20.8 Å². The summed E-state index contributed by atoms with van der Waals surface area (Å²) in [5, 5.41) is 14.1. The average molecular weight is 356 g/mol. The Bertz CT molecular complexity index is 705. The molecule has 0 spiro atoms. The van der Waals surface area contributed by atoms with Crippen LogP contribution in [0.2, 0.25) is 0 Å². The molecule has 0 saturated carbocycles. The van der Waals surface area contributed by atoms with Gasteiger partial charge in [0.1, 0.15) is 4.90 Å². The Labute approximate surface area is 145 Å². The van der Waals surface area contributed by atoms with Crippen molar-refractivity contribution in [2.45, 2.75) is 58.4 Å². The number of aryl methyl sites for hydroxylation is 1. The minimum absolute atomic E-state index is 0.00396. The van der Waals surface area contributed by atoms with Gasteiger partial charge in [-0.3, -0.25) is 4.68 Å². The van der Waals surface area contributed by atoms with Gasteiger partial charge < -0.3 is 5.11 Å². The smallest absolute Gasteiger partial charge is 0.246 e. The number of aromatic nitrogens is 2. The maximum absolute atomic E-state index is 13.1. The van der Waals surface area contributed by atoms with E-state index >= 15 is 0 Å². The van der Waals surface area contributed by atoms with E-state index in [9.17, 15) is 13.5 Å². The first-order chi connectivity index (χ1) is 11.3. The van der Waals surface area contributed by atoms with E-state index in [0.717, 1.165) is 12.8 Å². The molecule has 136 valence electrons. The maximum atomic E-state index is 13.1. The summed E-state index contributed by atoms with van der Waals surface area (Å²) in [5.74, 6) is 0. The van der Waals surface area contributed by atoms with Crippen LogP contribution in [0.1, 0.15) is 45.7 Å². The zero-order valence-corrected chi connectivity index (χ0v) is 15.9. The molecular formula is C17H29N3O3S. The molecule has 1 aliphatic heterocycles. The van der Waals surface area contributed by atoms with Gasteiger partial charge in [0.15, 0.2) is 0 Å². The molecule has 1 aliphatic rings. The molecule has 24 heavy (non-hydrogen) atoms. The summed E-state index contributed by atoms with van der Waals surface area (Å²) in [6.45, 7) is 9.25. The molecule has 1 aromatic rings. The van der Waals surface area contributed by atoms with Gasteiger partial charge in [-0.1, -0.05) is 11.6 Å². The van der Waals surface area contributed by atoms with Crippen LogP contribution in [0, 0.1) is 12.3 Å². The molecule has 6 nitrogen and oxygen atoms in total.